The molecule has 3 heterocycles. The average Bonchev–Trinajstić information content (AvgIpc) is 2.90. The maximum atomic E-state index is 13.3. The molecule has 2 aliphatic heterocycles. The number of piperidine rings is 1. The molecule has 2 aromatic carbocycles. The molecule has 0 saturated carbocycles. The summed E-state index contributed by atoms with van der Waals surface area (Å²) in [6, 6.07) is 18.6. The molecule has 0 aliphatic carbocycles. The lowest BCUT2D eigenvalue weighted by atomic mass is 9.92. The van der Waals surface area contributed by atoms with E-state index in [9.17, 15) is 9.59 Å². The molecule has 2 atom stereocenters. The van der Waals surface area contributed by atoms with E-state index in [-0.39, 0.29) is 23.9 Å². The van der Waals surface area contributed by atoms with Crippen LogP contribution in [0.2, 0.25) is 5.02 Å². The summed E-state index contributed by atoms with van der Waals surface area (Å²) >= 11 is 6.22. The predicted molar refractivity (Wildman–Crippen MR) is 147 cm³/mol. The number of piperazine rings is 1. The van der Waals surface area contributed by atoms with Gasteiger partial charge in [-0.05, 0) is 61.1 Å². The molecular formula is C30H35ClN4O2. The Morgan fingerprint density at radius 3 is 2.43 bits per heavy atom. The highest BCUT2D eigenvalue weighted by molar-refractivity contribution is 6.30. The summed E-state index contributed by atoms with van der Waals surface area (Å²) in [5, 5.41) is 1.84. The molecule has 2 unspecified atom stereocenters. The van der Waals surface area contributed by atoms with E-state index in [1.54, 1.807) is 6.92 Å². The van der Waals surface area contributed by atoms with Crippen LogP contribution in [-0.4, -0.2) is 70.3 Å². The molecule has 0 N–H and O–H groups in total. The molecule has 2 amide bonds. The first-order chi connectivity index (χ1) is 17.9. The number of benzene rings is 2. The Morgan fingerprint density at radius 1 is 1.00 bits per heavy atom. The molecule has 2 saturated heterocycles. The number of fused-ring (bicyclic) bond motifs is 1. The second kappa shape index (κ2) is 11.2. The van der Waals surface area contributed by atoms with Crippen molar-refractivity contribution in [1.29, 1.82) is 0 Å². The number of amides is 2. The molecule has 194 valence electrons. The number of carbonyl (C=O) groups is 2. The minimum Gasteiger partial charge on any atom is -0.343 e. The highest BCUT2D eigenvalue weighted by atomic mass is 35.5. The summed E-state index contributed by atoms with van der Waals surface area (Å²) in [5.74, 6) is 0.731. The van der Waals surface area contributed by atoms with Gasteiger partial charge in [0.05, 0.1) is 11.6 Å². The standard InChI is InChI=1S/C30H35ClN4O2/c1-21-20-34(15-16-35(21)29(37)17-23-11-13-33(14-12-23)22(2)36)30(24-7-9-27(31)10-8-24)26-18-25-5-3-4-6-28(25)32-19-26/h3-10,18-19,21,23,30H,11-17,20H2,1-2H3. The van der Waals surface area contributed by atoms with Gasteiger partial charge in [0.1, 0.15) is 0 Å². The molecule has 0 spiro atoms. The number of hydrogen-bond donors (Lipinski definition) is 0. The highest BCUT2D eigenvalue weighted by Gasteiger charge is 2.34. The first kappa shape index (κ1) is 25.7. The number of hydrogen-bond acceptors (Lipinski definition) is 4. The molecule has 7 heteroatoms. The van der Waals surface area contributed by atoms with Gasteiger partial charge in [-0.15, -0.1) is 0 Å². The van der Waals surface area contributed by atoms with Crippen molar-refractivity contribution in [1.82, 2.24) is 19.7 Å². The van der Waals surface area contributed by atoms with Crippen molar-refractivity contribution in [3.63, 3.8) is 0 Å². The number of nitrogens with zero attached hydrogens (tertiary/aromatic N) is 4. The van der Waals surface area contributed by atoms with Crippen molar-refractivity contribution in [2.24, 2.45) is 5.92 Å². The number of likely N-dealkylation sites (tertiary alicyclic amines) is 1. The zero-order valence-corrected chi connectivity index (χ0v) is 22.4. The van der Waals surface area contributed by atoms with Gasteiger partial charge in [-0.3, -0.25) is 19.5 Å². The van der Waals surface area contributed by atoms with E-state index in [0.717, 1.165) is 60.5 Å². The Bertz CT molecular complexity index is 1260. The fourth-order valence-electron chi connectivity index (χ4n) is 5.90. The molecule has 0 bridgehead atoms. The zero-order chi connectivity index (χ0) is 25.9. The van der Waals surface area contributed by atoms with Crippen molar-refractivity contribution in [2.75, 3.05) is 32.7 Å². The van der Waals surface area contributed by atoms with Gasteiger partial charge in [-0.2, -0.15) is 0 Å². The maximum Gasteiger partial charge on any atom is 0.223 e. The van der Waals surface area contributed by atoms with E-state index < -0.39 is 0 Å². The minimum atomic E-state index is 0.0324. The predicted octanol–water partition coefficient (Wildman–Crippen LogP) is 5.16. The zero-order valence-electron chi connectivity index (χ0n) is 21.6. The van der Waals surface area contributed by atoms with Crippen LogP contribution in [-0.2, 0) is 9.59 Å². The SMILES string of the molecule is CC(=O)N1CCC(CC(=O)N2CCN(C(c3ccc(Cl)cc3)c3cnc4ccccc4c3)CC2C)CC1. The van der Waals surface area contributed by atoms with E-state index in [0.29, 0.717) is 18.9 Å². The van der Waals surface area contributed by atoms with Crippen LogP contribution in [0.25, 0.3) is 10.9 Å². The first-order valence-electron chi connectivity index (χ1n) is 13.3. The van der Waals surface area contributed by atoms with Gasteiger partial charge >= 0.3 is 0 Å². The fraction of sp³-hybridized carbons (Fsp3) is 0.433. The van der Waals surface area contributed by atoms with E-state index >= 15 is 0 Å². The quantitative estimate of drug-likeness (QED) is 0.468. The van der Waals surface area contributed by atoms with Crippen LogP contribution in [0.4, 0.5) is 0 Å². The van der Waals surface area contributed by atoms with Crippen molar-refractivity contribution in [2.45, 2.75) is 45.2 Å². The molecule has 0 radical (unpaired) electrons. The van der Waals surface area contributed by atoms with Gasteiger partial charge in [0.15, 0.2) is 0 Å². The number of pyridine rings is 1. The fourth-order valence-corrected chi connectivity index (χ4v) is 6.03. The van der Waals surface area contributed by atoms with Gasteiger partial charge in [-0.25, -0.2) is 0 Å². The Hall–Kier alpha value is -2.96. The minimum absolute atomic E-state index is 0.0324. The van der Waals surface area contributed by atoms with Gasteiger partial charge < -0.3 is 9.80 Å². The summed E-state index contributed by atoms with van der Waals surface area (Å²) in [5.41, 5.74) is 3.30. The van der Waals surface area contributed by atoms with E-state index in [1.165, 1.54) is 5.56 Å². The Balaban J connectivity index is 1.31. The number of halogens is 1. The molecule has 3 aromatic rings. The van der Waals surface area contributed by atoms with E-state index in [2.05, 4.69) is 41.0 Å². The van der Waals surface area contributed by atoms with Crippen molar-refractivity contribution in [3.05, 3.63) is 76.9 Å². The first-order valence-corrected chi connectivity index (χ1v) is 13.7. The lowest BCUT2D eigenvalue weighted by Gasteiger charge is -2.44. The molecule has 1 aromatic heterocycles. The van der Waals surface area contributed by atoms with Gasteiger partial charge in [0.25, 0.3) is 0 Å². The van der Waals surface area contributed by atoms with Crippen molar-refractivity contribution < 1.29 is 9.59 Å². The second-order valence-corrected chi connectivity index (χ2v) is 10.9. The normalized spacial score (nSPS) is 20.2. The second-order valence-electron chi connectivity index (χ2n) is 10.5. The van der Waals surface area contributed by atoms with Crippen LogP contribution in [0.15, 0.2) is 60.8 Å². The van der Waals surface area contributed by atoms with Crippen LogP contribution < -0.4 is 0 Å². The largest absolute Gasteiger partial charge is 0.343 e. The highest BCUT2D eigenvalue weighted by Crippen LogP contribution is 2.33. The summed E-state index contributed by atoms with van der Waals surface area (Å²) in [6.45, 7) is 7.58. The molecule has 6 nitrogen and oxygen atoms in total. The number of para-hydroxylation sites is 1. The number of carbonyl (C=O) groups excluding carboxylic acids is 2. The van der Waals surface area contributed by atoms with Crippen LogP contribution in [0.5, 0.6) is 0 Å². The molecule has 37 heavy (non-hydrogen) atoms. The average molecular weight is 519 g/mol. The monoisotopic (exact) mass is 518 g/mol. The van der Waals surface area contributed by atoms with Crippen LogP contribution >= 0.6 is 11.6 Å². The van der Waals surface area contributed by atoms with E-state index in [1.807, 2.05) is 41.4 Å². The lowest BCUT2D eigenvalue weighted by molar-refractivity contribution is -0.137. The summed E-state index contributed by atoms with van der Waals surface area (Å²) in [6.07, 6.45) is 4.38. The Morgan fingerprint density at radius 2 is 1.73 bits per heavy atom. The third-order valence-electron chi connectivity index (χ3n) is 7.98. The smallest absolute Gasteiger partial charge is 0.223 e. The molecule has 5 rings (SSSR count). The summed E-state index contributed by atoms with van der Waals surface area (Å²) < 4.78 is 0. The number of aromatic nitrogens is 1. The lowest BCUT2D eigenvalue weighted by Crippen LogP contribution is -2.55. The van der Waals surface area contributed by atoms with Crippen LogP contribution in [0, 0.1) is 5.92 Å². The third-order valence-corrected chi connectivity index (χ3v) is 8.23. The van der Waals surface area contributed by atoms with E-state index in [4.69, 9.17) is 16.6 Å². The van der Waals surface area contributed by atoms with Crippen LogP contribution in [0.1, 0.15) is 50.3 Å². The molecular weight excluding hydrogens is 484 g/mol. The Labute approximate surface area is 224 Å². The maximum absolute atomic E-state index is 13.3. The van der Waals surface area contributed by atoms with Gasteiger partial charge in [-0.1, -0.05) is 41.9 Å². The summed E-state index contributed by atoms with van der Waals surface area (Å²) in [7, 11) is 0. The third kappa shape index (κ3) is 5.81. The molecule has 2 aliphatic rings. The molecule has 2 fully saturated rings. The van der Waals surface area contributed by atoms with Crippen molar-refractivity contribution >= 4 is 34.3 Å². The number of rotatable bonds is 5. The van der Waals surface area contributed by atoms with Crippen molar-refractivity contribution in [3.8, 4) is 0 Å². The summed E-state index contributed by atoms with van der Waals surface area (Å²) in [4.78, 5) is 36.1. The van der Waals surface area contributed by atoms with Gasteiger partial charge in [0.2, 0.25) is 11.8 Å². The topological polar surface area (TPSA) is 56.8 Å². The Kier molecular flexibility index (Phi) is 7.77. The van der Waals surface area contributed by atoms with Gasteiger partial charge in [0, 0.05) is 68.7 Å². The van der Waals surface area contributed by atoms with Crippen LogP contribution in [0.3, 0.4) is 0 Å².